The van der Waals surface area contributed by atoms with Crippen molar-refractivity contribution in [2.45, 2.75) is 38.1 Å². The second-order valence-corrected chi connectivity index (χ2v) is 5.96. The van der Waals surface area contributed by atoms with Crippen LogP contribution in [-0.2, 0) is 11.2 Å². The van der Waals surface area contributed by atoms with Crippen molar-refractivity contribution in [1.29, 1.82) is 0 Å². The third-order valence-electron chi connectivity index (χ3n) is 3.25. The molecular weight excluding hydrogens is 268 g/mol. The van der Waals surface area contributed by atoms with E-state index in [0.29, 0.717) is 0 Å². The minimum atomic E-state index is -0.355. The van der Waals surface area contributed by atoms with Crippen molar-refractivity contribution in [1.82, 2.24) is 5.32 Å². The Morgan fingerprint density at radius 3 is 2.70 bits per heavy atom. The van der Waals surface area contributed by atoms with Crippen molar-refractivity contribution in [3.05, 3.63) is 35.9 Å². The molecule has 0 fully saturated rings. The van der Waals surface area contributed by atoms with E-state index < -0.39 is 0 Å². The molecule has 0 saturated heterocycles. The van der Waals surface area contributed by atoms with Gasteiger partial charge in [0.1, 0.15) is 0 Å². The number of hydrogen-bond donors (Lipinski definition) is 2. The van der Waals surface area contributed by atoms with Crippen LogP contribution in [0.1, 0.15) is 31.2 Å². The monoisotopic (exact) mass is 294 g/mol. The first kappa shape index (κ1) is 17.1. The minimum Gasteiger partial charge on any atom is -0.355 e. The summed E-state index contributed by atoms with van der Waals surface area (Å²) in [7, 11) is 0. The number of aryl methyl sites for hydroxylation is 1. The summed E-state index contributed by atoms with van der Waals surface area (Å²) < 4.78 is 0. The van der Waals surface area contributed by atoms with E-state index >= 15 is 0 Å². The van der Waals surface area contributed by atoms with Crippen LogP contribution in [0.15, 0.2) is 30.3 Å². The highest BCUT2D eigenvalue weighted by Crippen LogP contribution is 2.05. The number of carbonyl (C=O) groups excluding carboxylic acids is 1. The van der Waals surface area contributed by atoms with Gasteiger partial charge in [-0.15, -0.1) is 0 Å². The van der Waals surface area contributed by atoms with E-state index in [9.17, 15) is 4.79 Å². The SMILES string of the molecule is CSCC[C@H](N)C(=O)NCCCCCc1ccccc1. The van der Waals surface area contributed by atoms with Crippen LogP contribution in [-0.4, -0.2) is 30.5 Å². The zero-order valence-electron chi connectivity index (χ0n) is 12.3. The zero-order valence-corrected chi connectivity index (χ0v) is 13.1. The fourth-order valence-electron chi connectivity index (χ4n) is 1.99. The molecule has 0 radical (unpaired) electrons. The highest BCUT2D eigenvalue weighted by atomic mass is 32.2. The van der Waals surface area contributed by atoms with Crippen LogP contribution in [0.5, 0.6) is 0 Å². The number of rotatable bonds is 10. The quantitative estimate of drug-likeness (QED) is 0.652. The Bertz CT molecular complexity index is 370. The van der Waals surface area contributed by atoms with Gasteiger partial charge >= 0.3 is 0 Å². The maximum Gasteiger partial charge on any atom is 0.236 e. The molecule has 4 heteroatoms. The first-order valence-electron chi connectivity index (χ1n) is 7.30. The Morgan fingerprint density at radius 1 is 1.25 bits per heavy atom. The summed E-state index contributed by atoms with van der Waals surface area (Å²) in [6, 6.07) is 10.2. The molecule has 1 amide bonds. The van der Waals surface area contributed by atoms with Gasteiger partial charge in [0, 0.05) is 6.54 Å². The van der Waals surface area contributed by atoms with Crippen molar-refractivity contribution >= 4 is 17.7 Å². The van der Waals surface area contributed by atoms with Crippen molar-refractivity contribution in [3.8, 4) is 0 Å². The largest absolute Gasteiger partial charge is 0.355 e. The van der Waals surface area contributed by atoms with Gasteiger partial charge in [0.25, 0.3) is 0 Å². The summed E-state index contributed by atoms with van der Waals surface area (Å²) >= 11 is 1.72. The first-order chi connectivity index (χ1) is 9.74. The van der Waals surface area contributed by atoms with E-state index in [-0.39, 0.29) is 11.9 Å². The van der Waals surface area contributed by atoms with Crippen LogP contribution in [0.25, 0.3) is 0 Å². The number of unbranched alkanes of at least 4 members (excludes halogenated alkanes) is 2. The molecule has 0 saturated carbocycles. The Morgan fingerprint density at radius 2 is 2.00 bits per heavy atom. The molecule has 1 aromatic carbocycles. The van der Waals surface area contributed by atoms with Gasteiger partial charge in [-0.05, 0) is 43.3 Å². The van der Waals surface area contributed by atoms with Crippen LogP contribution in [0.2, 0.25) is 0 Å². The summed E-state index contributed by atoms with van der Waals surface area (Å²) in [5, 5.41) is 2.92. The molecule has 20 heavy (non-hydrogen) atoms. The Kier molecular flexibility index (Phi) is 9.16. The summed E-state index contributed by atoms with van der Waals surface area (Å²) in [5.74, 6) is 0.924. The lowest BCUT2D eigenvalue weighted by Gasteiger charge is -2.11. The third kappa shape index (κ3) is 7.56. The molecule has 0 heterocycles. The van der Waals surface area contributed by atoms with E-state index in [1.54, 1.807) is 11.8 Å². The summed E-state index contributed by atoms with van der Waals surface area (Å²) in [4.78, 5) is 11.7. The lowest BCUT2D eigenvalue weighted by Crippen LogP contribution is -2.41. The topological polar surface area (TPSA) is 55.1 Å². The average Bonchev–Trinajstić information content (AvgIpc) is 2.49. The second kappa shape index (κ2) is 10.7. The van der Waals surface area contributed by atoms with Gasteiger partial charge in [-0.2, -0.15) is 11.8 Å². The van der Waals surface area contributed by atoms with Crippen LogP contribution in [0.3, 0.4) is 0 Å². The van der Waals surface area contributed by atoms with Crippen molar-refractivity contribution in [2.24, 2.45) is 5.73 Å². The second-order valence-electron chi connectivity index (χ2n) is 4.98. The van der Waals surface area contributed by atoms with Crippen LogP contribution in [0, 0.1) is 0 Å². The number of amides is 1. The highest BCUT2D eigenvalue weighted by Gasteiger charge is 2.11. The molecule has 1 atom stereocenters. The van der Waals surface area contributed by atoms with Gasteiger partial charge < -0.3 is 11.1 Å². The number of nitrogens with one attached hydrogen (secondary N) is 1. The van der Waals surface area contributed by atoms with Crippen LogP contribution >= 0.6 is 11.8 Å². The number of thioether (sulfide) groups is 1. The van der Waals surface area contributed by atoms with Gasteiger partial charge in [-0.25, -0.2) is 0 Å². The molecule has 112 valence electrons. The number of nitrogens with two attached hydrogens (primary N) is 1. The standard InChI is InChI=1S/C16H26N2OS/c1-20-13-11-15(17)16(19)18-12-7-3-6-10-14-8-4-2-5-9-14/h2,4-5,8-9,15H,3,6-7,10-13,17H2,1H3,(H,18,19)/t15-/m0/s1. The maximum atomic E-state index is 11.7. The molecule has 0 aromatic heterocycles. The Hall–Kier alpha value is -1.00. The molecular formula is C16H26N2OS. The first-order valence-corrected chi connectivity index (χ1v) is 8.69. The molecule has 1 rings (SSSR count). The summed E-state index contributed by atoms with van der Waals surface area (Å²) in [6.45, 7) is 0.737. The third-order valence-corrected chi connectivity index (χ3v) is 3.90. The molecule has 0 aliphatic carbocycles. The molecule has 0 aliphatic rings. The van der Waals surface area contributed by atoms with Crippen molar-refractivity contribution < 1.29 is 4.79 Å². The normalized spacial score (nSPS) is 12.1. The molecule has 1 aromatic rings. The van der Waals surface area contributed by atoms with E-state index in [2.05, 4.69) is 29.6 Å². The van der Waals surface area contributed by atoms with Gasteiger partial charge in [-0.3, -0.25) is 4.79 Å². The van der Waals surface area contributed by atoms with E-state index in [1.165, 1.54) is 12.0 Å². The fourth-order valence-corrected chi connectivity index (χ4v) is 2.48. The molecule has 0 spiro atoms. The lowest BCUT2D eigenvalue weighted by atomic mass is 10.1. The van der Waals surface area contributed by atoms with E-state index in [0.717, 1.165) is 38.0 Å². The van der Waals surface area contributed by atoms with Gasteiger partial charge in [0.15, 0.2) is 0 Å². The van der Waals surface area contributed by atoms with E-state index in [4.69, 9.17) is 5.73 Å². The molecule has 3 nitrogen and oxygen atoms in total. The van der Waals surface area contributed by atoms with Gasteiger partial charge in [-0.1, -0.05) is 36.8 Å². The zero-order chi connectivity index (χ0) is 14.6. The molecule has 0 unspecified atom stereocenters. The highest BCUT2D eigenvalue weighted by molar-refractivity contribution is 7.98. The van der Waals surface area contributed by atoms with Gasteiger partial charge in [0.05, 0.1) is 6.04 Å². The van der Waals surface area contributed by atoms with Crippen LogP contribution in [0.4, 0.5) is 0 Å². The lowest BCUT2D eigenvalue weighted by molar-refractivity contribution is -0.122. The molecule has 3 N–H and O–H groups in total. The maximum absolute atomic E-state index is 11.7. The minimum absolute atomic E-state index is 0.0119. The Labute approximate surface area is 126 Å². The molecule has 0 aliphatic heterocycles. The van der Waals surface area contributed by atoms with Crippen LogP contribution < -0.4 is 11.1 Å². The Balaban J connectivity index is 2.00. The number of carbonyl (C=O) groups is 1. The van der Waals surface area contributed by atoms with Crippen molar-refractivity contribution in [3.63, 3.8) is 0 Å². The molecule has 0 bridgehead atoms. The smallest absolute Gasteiger partial charge is 0.236 e. The fraction of sp³-hybridized carbons (Fsp3) is 0.562. The summed E-state index contributed by atoms with van der Waals surface area (Å²) in [6.07, 6.45) is 7.21. The average molecular weight is 294 g/mol. The predicted octanol–water partition coefficient (Wildman–Crippen LogP) is 2.60. The number of hydrogen-bond acceptors (Lipinski definition) is 3. The summed E-state index contributed by atoms with van der Waals surface area (Å²) in [5.41, 5.74) is 7.18. The number of benzene rings is 1. The van der Waals surface area contributed by atoms with E-state index in [1.807, 2.05) is 12.3 Å². The predicted molar refractivity (Wildman–Crippen MR) is 88.0 cm³/mol. The van der Waals surface area contributed by atoms with Gasteiger partial charge in [0.2, 0.25) is 5.91 Å². The van der Waals surface area contributed by atoms with Crippen molar-refractivity contribution in [2.75, 3.05) is 18.6 Å².